The second-order valence-electron chi connectivity index (χ2n) is 4.03. The molecule has 1 aromatic heterocycles. The smallest absolute Gasteiger partial charge is 0.416 e. The molecule has 0 fully saturated rings. The summed E-state index contributed by atoms with van der Waals surface area (Å²) in [4.78, 5) is 3.81. The molecule has 2 heterocycles. The Kier molecular flexibility index (Phi) is 2.86. The highest BCUT2D eigenvalue weighted by molar-refractivity contribution is 7.55. The van der Waals surface area contributed by atoms with Gasteiger partial charge in [-0.25, -0.2) is 9.55 Å². The Morgan fingerprint density at radius 3 is 3.05 bits per heavy atom. The molecule has 7 heteroatoms. The summed E-state index contributed by atoms with van der Waals surface area (Å²) in [6, 6.07) is 7.44. The monoisotopic (exact) mass is 274 g/mol. The van der Waals surface area contributed by atoms with Crippen molar-refractivity contribution in [3.63, 3.8) is 0 Å². The highest BCUT2D eigenvalue weighted by Crippen LogP contribution is 2.55. The van der Waals surface area contributed by atoms with Crippen LogP contribution in [0.1, 0.15) is 5.56 Å². The van der Waals surface area contributed by atoms with Crippen molar-refractivity contribution in [2.75, 3.05) is 6.54 Å². The maximum absolute atomic E-state index is 13.0. The van der Waals surface area contributed by atoms with E-state index < -0.39 is 7.67 Å². The third-order valence-corrected chi connectivity index (χ3v) is 5.00. The van der Waals surface area contributed by atoms with Crippen LogP contribution in [0, 0.1) is 12.3 Å². The zero-order valence-corrected chi connectivity index (χ0v) is 10.9. The average molecular weight is 274 g/mol. The Morgan fingerprint density at radius 2 is 2.32 bits per heavy atom. The van der Waals surface area contributed by atoms with E-state index in [0.717, 1.165) is 5.56 Å². The number of para-hydroxylation sites is 1. The summed E-state index contributed by atoms with van der Waals surface area (Å²) >= 11 is 0. The van der Waals surface area contributed by atoms with Crippen LogP contribution in [0.4, 0.5) is 0 Å². The standard InChI is InChI=1S/C12H11N4O2P/c1-2-7-15-8-11-5-3-4-6-12(11)18-19(15,17)16-10-13-9-14-16/h1,3-6,9-10H,7-8H2. The molecule has 3 rings (SSSR count). The first-order chi connectivity index (χ1) is 9.24. The Hall–Kier alpha value is -2.09. The lowest BCUT2D eigenvalue weighted by Gasteiger charge is -2.34. The van der Waals surface area contributed by atoms with E-state index in [2.05, 4.69) is 16.0 Å². The van der Waals surface area contributed by atoms with E-state index in [-0.39, 0.29) is 6.54 Å². The molecule has 0 spiro atoms. The lowest BCUT2D eigenvalue weighted by atomic mass is 10.2. The van der Waals surface area contributed by atoms with Crippen LogP contribution in [0.15, 0.2) is 36.9 Å². The van der Waals surface area contributed by atoms with E-state index in [9.17, 15) is 4.57 Å². The minimum Gasteiger partial charge on any atom is -0.416 e. The summed E-state index contributed by atoms with van der Waals surface area (Å²) < 4.78 is 21.6. The molecule has 96 valence electrons. The summed E-state index contributed by atoms with van der Waals surface area (Å²) in [5.41, 5.74) is 0.948. The van der Waals surface area contributed by atoms with E-state index in [1.807, 2.05) is 18.2 Å². The SMILES string of the molecule is C#CCN1Cc2ccccc2OP1(=O)n1cncn1. The van der Waals surface area contributed by atoms with Crippen LogP contribution in [-0.4, -0.2) is 25.8 Å². The van der Waals surface area contributed by atoms with Crippen molar-refractivity contribution in [1.29, 1.82) is 0 Å². The molecule has 1 aliphatic rings. The molecule has 19 heavy (non-hydrogen) atoms. The van der Waals surface area contributed by atoms with Crippen molar-refractivity contribution in [2.24, 2.45) is 0 Å². The van der Waals surface area contributed by atoms with Crippen LogP contribution in [0.5, 0.6) is 5.75 Å². The molecule has 0 saturated carbocycles. The van der Waals surface area contributed by atoms with Crippen molar-refractivity contribution in [1.82, 2.24) is 19.2 Å². The summed E-state index contributed by atoms with van der Waals surface area (Å²) in [5.74, 6) is 3.09. The molecule has 2 aromatic rings. The molecule has 1 unspecified atom stereocenters. The third-order valence-electron chi connectivity index (χ3n) is 2.84. The second kappa shape index (κ2) is 4.54. The van der Waals surface area contributed by atoms with Crippen molar-refractivity contribution in [3.05, 3.63) is 42.5 Å². The predicted octanol–water partition coefficient (Wildman–Crippen LogP) is 1.76. The largest absolute Gasteiger partial charge is 0.444 e. The van der Waals surface area contributed by atoms with Crippen molar-refractivity contribution < 1.29 is 9.09 Å². The van der Waals surface area contributed by atoms with Gasteiger partial charge in [0.05, 0.1) is 6.54 Å². The van der Waals surface area contributed by atoms with Crippen LogP contribution in [0.2, 0.25) is 0 Å². The normalized spacial score (nSPS) is 22.3. The van der Waals surface area contributed by atoms with Gasteiger partial charge in [-0.2, -0.15) is 9.12 Å². The van der Waals surface area contributed by atoms with Gasteiger partial charge in [0.15, 0.2) is 0 Å². The maximum Gasteiger partial charge on any atom is 0.444 e. The summed E-state index contributed by atoms with van der Waals surface area (Å²) in [6.45, 7) is 0.670. The molecule has 0 radical (unpaired) electrons. The molecule has 0 saturated heterocycles. The van der Waals surface area contributed by atoms with Crippen LogP contribution < -0.4 is 4.52 Å². The first-order valence-corrected chi connectivity index (χ1v) is 7.19. The Balaban J connectivity index is 2.08. The summed E-state index contributed by atoms with van der Waals surface area (Å²) in [6.07, 6.45) is 8.03. The number of hydrogen-bond acceptors (Lipinski definition) is 4. The van der Waals surface area contributed by atoms with Crippen molar-refractivity contribution in [2.45, 2.75) is 6.54 Å². The number of aromatic nitrogens is 3. The highest BCUT2D eigenvalue weighted by atomic mass is 31.2. The molecule has 6 nitrogen and oxygen atoms in total. The van der Waals surface area contributed by atoms with Gasteiger partial charge in [0.2, 0.25) is 0 Å². The van der Waals surface area contributed by atoms with Gasteiger partial charge in [-0.3, -0.25) is 0 Å². The van der Waals surface area contributed by atoms with Gasteiger partial charge in [0, 0.05) is 12.1 Å². The first kappa shape index (κ1) is 12.0. The maximum atomic E-state index is 13.0. The molecule has 0 N–H and O–H groups in total. The molecule has 1 aromatic carbocycles. The lowest BCUT2D eigenvalue weighted by Crippen LogP contribution is -2.30. The topological polar surface area (TPSA) is 60.2 Å². The van der Waals surface area contributed by atoms with Gasteiger partial charge in [0.25, 0.3) is 0 Å². The summed E-state index contributed by atoms with van der Waals surface area (Å²) in [5, 5.41) is 3.92. The van der Waals surface area contributed by atoms with Gasteiger partial charge < -0.3 is 4.52 Å². The molecular formula is C12H11N4O2P. The van der Waals surface area contributed by atoms with Gasteiger partial charge >= 0.3 is 7.67 Å². The summed E-state index contributed by atoms with van der Waals surface area (Å²) in [7, 11) is -3.34. The van der Waals surface area contributed by atoms with Gasteiger partial charge in [-0.05, 0) is 6.07 Å². The Bertz CT molecular complexity index is 677. The fraction of sp³-hybridized carbons (Fsp3) is 0.167. The fourth-order valence-electron chi connectivity index (χ4n) is 1.95. The number of rotatable bonds is 2. The molecule has 1 atom stereocenters. The molecular weight excluding hydrogens is 263 g/mol. The second-order valence-corrected chi connectivity index (χ2v) is 6.17. The highest BCUT2D eigenvalue weighted by Gasteiger charge is 2.40. The Morgan fingerprint density at radius 1 is 1.47 bits per heavy atom. The average Bonchev–Trinajstić information content (AvgIpc) is 2.94. The number of hydrogen-bond donors (Lipinski definition) is 0. The quantitative estimate of drug-likeness (QED) is 0.617. The minimum absolute atomic E-state index is 0.214. The van der Waals surface area contributed by atoms with E-state index in [4.69, 9.17) is 10.9 Å². The number of nitrogens with zero attached hydrogens (tertiary/aromatic N) is 4. The van der Waals surface area contributed by atoms with Gasteiger partial charge in [0.1, 0.15) is 18.4 Å². The predicted molar refractivity (Wildman–Crippen MR) is 69.3 cm³/mol. The van der Waals surface area contributed by atoms with Crippen LogP contribution >= 0.6 is 7.67 Å². The zero-order valence-electron chi connectivity index (χ0n) is 10.0. The zero-order chi connectivity index (χ0) is 13.3. The van der Waals surface area contributed by atoms with Crippen molar-refractivity contribution >= 4 is 7.67 Å². The molecule has 0 amide bonds. The van der Waals surface area contributed by atoms with Gasteiger partial charge in [-0.15, -0.1) is 11.5 Å². The number of terminal acetylenes is 1. The fourth-order valence-corrected chi connectivity index (χ4v) is 3.80. The minimum atomic E-state index is -3.34. The van der Waals surface area contributed by atoms with E-state index >= 15 is 0 Å². The van der Waals surface area contributed by atoms with Crippen LogP contribution in [0.3, 0.4) is 0 Å². The lowest BCUT2D eigenvalue weighted by molar-refractivity contribution is 0.328. The molecule has 0 aliphatic carbocycles. The van der Waals surface area contributed by atoms with E-state index in [0.29, 0.717) is 12.3 Å². The van der Waals surface area contributed by atoms with Gasteiger partial charge in [-0.1, -0.05) is 24.1 Å². The number of fused-ring (bicyclic) bond motifs is 1. The molecule has 0 bridgehead atoms. The van der Waals surface area contributed by atoms with Crippen molar-refractivity contribution in [3.8, 4) is 18.1 Å². The third kappa shape index (κ3) is 1.93. The first-order valence-electron chi connectivity index (χ1n) is 5.66. The van der Waals surface area contributed by atoms with E-state index in [1.54, 1.807) is 10.7 Å². The molecule has 1 aliphatic heterocycles. The Labute approximate surface area is 110 Å². The van der Waals surface area contributed by atoms with Crippen LogP contribution in [0.25, 0.3) is 0 Å². The van der Waals surface area contributed by atoms with E-state index in [1.165, 1.54) is 17.1 Å². The van der Waals surface area contributed by atoms with Crippen LogP contribution in [-0.2, 0) is 11.1 Å². The number of benzene rings is 1.